The summed E-state index contributed by atoms with van der Waals surface area (Å²) in [4.78, 5) is 10.8. The Balaban J connectivity index is 2.77. The summed E-state index contributed by atoms with van der Waals surface area (Å²) in [6, 6.07) is 0. The molecule has 15 heavy (non-hydrogen) atoms. The molecule has 0 spiro atoms. The van der Waals surface area contributed by atoms with Gasteiger partial charge in [-0.2, -0.15) is 0 Å². The third kappa shape index (κ3) is 2.59. The molecule has 1 N–H and O–H groups in total. The standard InChI is InChI=1S/C12H20O3/c1-8-5-6-11(14)12(3,4)10(8)7-15-9(2)13/h5,10-11,14H,6-7H2,1-4H3/t10-,11-/m1/s1. The lowest BCUT2D eigenvalue weighted by atomic mass is 9.67. The zero-order valence-electron chi connectivity index (χ0n) is 9.91. The van der Waals surface area contributed by atoms with Crippen LogP contribution in [0.2, 0.25) is 0 Å². The lowest BCUT2D eigenvalue weighted by molar-refractivity contribution is -0.144. The molecule has 0 saturated heterocycles. The molecule has 0 aliphatic heterocycles. The minimum atomic E-state index is -0.359. The van der Waals surface area contributed by atoms with Gasteiger partial charge in [0.1, 0.15) is 0 Å². The first-order valence-corrected chi connectivity index (χ1v) is 5.33. The van der Waals surface area contributed by atoms with Gasteiger partial charge in [-0.1, -0.05) is 25.5 Å². The molecule has 1 aliphatic rings. The summed E-state index contributed by atoms with van der Waals surface area (Å²) in [7, 11) is 0. The van der Waals surface area contributed by atoms with Crippen molar-refractivity contribution in [1.82, 2.24) is 0 Å². The molecule has 1 aliphatic carbocycles. The van der Waals surface area contributed by atoms with Crippen LogP contribution in [-0.4, -0.2) is 23.8 Å². The van der Waals surface area contributed by atoms with Gasteiger partial charge in [-0.05, 0) is 13.3 Å². The van der Waals surface area contributed by atoms with E-state index in [1.165, 1.54) is 12.5 Å². The molecule has 0 heterocycles. The Morgan fingerprint density at radius 2 is 2.27 bits per heavy atom. The van der Waals surface area contributed by atoms with Crippen LogP contribution in [0.15, 0.2) is 11.6 Å². The van der Waals surface area contributed by atoms with Gasteiger partial charge in [0.2, 0.25) is 0 Å². The number of ether oxygens (including phenoxy) is 1. The monoisotopic (exact) mass is 212 g/mol. The summed E-state index contributed by atoms with van der Waals surface area (Å²) in [6.07, 6.45) is 2.36. The predicted molar refractivity (Wildman–Crippen MR) is 58.3 cm³/mol. The van der Waals surface area contributed by atoms with E-state index in [9.17, 15) is 9.90 Å². The molecule has 0 saturated carbocycles. The topological polar surface area (TPSA) is 46.5 Å². The molecule has 0 radical (unpaired) electrons. The molecule has 3 heteroatoms. The first kappa shape index (κ1) is 12.2. The minimum Gasteiger partial charge on any atom is -0.465 e. The normalized spacial score (nSPS) is 29.5. The van der Waals surface area contributed by atoms with Gasteiger partial charge in [0.15, 0.2) is 0 Å². The lowest BCUT2D eigenvalue weighted by Gasteiger charge is -2.41. The van der Waals surface area contributed by atoms with E-state index in [0.29, 0.717) is 13.0 Å². The smallest absolute Gasteiger partial charge is 0.302 e. The number of hydrogen-bond donors (Lipinski definition) is 1. The van der Waals surface area contributed by atoms with Gasteiger partial charge < -0.3 is 9.84 Å². The molecule has 1 rings (SSSR count). The molecular formula is C12H20O3. The summed E-state index contributed by atoms with van der Waals surface area (Å²) in [5.74, 6) is -0.149. The molecule has 0 aromatic heterocycles. The average molecular weight is 212 g/mol. The van der Waals surface area contributed by atoms with E-state index in [4.69, 9.17) is 4.74 Å². The van der Waals surface area contributed by atoms with E-state index in [-0.39, 0.29) is 23.4 Å². The van der Waals surface area contributed by atoms with Crippen molar-refractivity contribution < 1.29 is 14.6 Å². The van der Waals surface area contributed by atoms with E-state index >= 15 is 0 Å². The molecule has 0 unspecified atom stereocenters. The van der Waals surface area contributed by atoms with Crippen molar-refractivity contribution in [2.75, 3.05) is 6.61 Å². The molecule has 0 fully saturated rings. The fraction of sp³-hybridized carbons (Fsp3) is 0.750. The fourth-order valence-electron chi connectivity index (χ4n) is 2.11. The van der Waals surface area contributed by atoms with E-state index in [0.717, 1.165) is 0 Å². The summed E-state index contributed by atoms with van der Waals surface area (Å²) in [5, 5.41) is 9.91. The van der Waals surface area contributed by atoms with Crippen LogP contribution in [0.1, 0.15) is 34.1 Å². The second-order valence-electron chi connectivity index (χ2n) is 4.88. The molecule has 0 bridgehead atoms. The van der Waals surface area contributed by atoms with Crippen molar-refractivity contribution in [2.45, 2.75) is 40.2 Å². The van der Waals surface area contributed by atoms with Crippen LogP contribution in [0, 0.1) is 11.3 Å². The second kappa shape index (κ2) is 4.35. The quantitative estimate of drug-likeness (QED) is 0.561. The Labute approximate surface area is 91.1 Å². The van der Waals surface area contributed by atoms with Gasteiger partial charge in [-0.15, -0.1) is 0 Å². The summed E-state index contributed by atoms with van der Waals surface area (Å²) >= 11 is 0. The van der Waals surface area contributed by atoms with Crippen LogP contribution >= 0.6 is 0 Å². The Bertz CT molecular complexity index is 279. The fourth-order valence-corrected chi connectivity index (χ4v) is 2.11. The maximum absolute atomic E-state index is 10.8. The number of aliphatic hydroxyl groups excluding tert-OH is 1. The highest BCUT2D eigenvalue weighted by Crippen LogP contribution is 2.41. The van der Waals surface area contributed by atoms with Crippen molar-refractivity contribution >= 4 is 5.97 Å². The number of carbonyl (C=O) groups excluding carboxylic acids is 1. The Morgan fingerprint density at radius 1 is 1.67 bits per heavy atom. The molecule has 0 aromatic rings. The van der Waals surface area contributed by atoms with Crippen LogP contribution in [0.3, 0.4) is 0 Å². The predicted octanol–water partition coefficient (Wildman–Crippen LogP) is 1.90. The van der Waals surface area contributed by atoms with Crippen molar-refractivity contribution in [1.29, 1.82) is 0 Å². The number of carbonyl (C=O) groups is 1. The first-order valence-electron chi connectivity index (χ1n) is 5.33. The van der Waals surface area contributed by atoms with Crippen LogP contribution in [0.5, 0.6) is 0 Å². The minimum absolute atomic E-state index is 0.116. The van der Waals surface area contributed by atoms with Gasteiger partial charge >= 0.3 is 5.97 Å². The van der Waals surface area contributed by atoms with Crippen molar-refractivity contribution in [3.8, 4) is 0 Å². The molecule has 3 nitrogen and oxygen atoms in total. The zero-order chi connectivity index (χ0) is 11.6. The van der Waals surface area contributed by atoms with E-state index in [1.54, 1.807) is 0 Å². The lowest BCUT2D eigenvalue weighted by Crippen LogP contribution is -2.42. The molecule has 2 atom stereocenters. The van der Waals surface area contributed by atoms with Crippen molar-refractivity contribution in [2.24, 2.45) is 11.3 Å². The first-order chi connectivity index (χ1) is 6.85. The third-order valence-corrected chi connectivity index (χ3v) is 3.42. The summed E-state index contributed by atoms with van der Waals surface area (Å²) in [6.45, 7) is 7.83. The molecular weight excluding hydrogens is 192 g/mol. The van der Waals surface area contributed by atoms with Crippen molar-refractivity contribution in [3.63, 3.8) is 0 Å². The van der Waals surface area contributed by atoms with Gasteiger partial charge in [-0.25, -0.2) is 0 Å². The molecule has 86 valence electrons. The highest BCUT2D eigenvalue weighted by atomic mass is 16.5. The SMILES string of the molecule is CC(=O)OC[C@@H]1C(C)=CC[C@@H](O)C1(C)C. The Hall–Kier alpha value is -0.830. The average Bonchev–Trinajstić information content (AvgIpc) is 2.11. The number of esters is 1. The number of rotatable bonds is 2. The number of aliphatic hydroxyl groups is 1. The second-order valence-corrected chi connectivity index (χ2v) is 4.88. The van der Waals surface area contributed by atoms with Gasteiger partial charge in [0.05, 0.1) is 12.7 Å². The van der Waals surface area contributed by atoms with E-state index < -0.39 is 0 Å². The van der Waals surface area contributed by atoms with Crippen molar-refractivity contribution in [3.05, 3.63) is 11.6 Å². The van der Waals surface area contributed by atoms with Gasteiger partial charge in [0, 0.05) is 18.3 Å². The largest absolute Gasteiger partial charge is 0.465 e. The Kier molecular flexibility index (Phi) is 3.55. The zero-order valence-corrected chi connectivity index (χ0v) is 9.91. The van der Waals surface area contributed by atoms with E-state index in [2.05, 4.69) is 0 Å². The van der Waals surface area contributed by atoms with Crippen LogP contribution in [-0.2, 0) is 9.53 Å². The molecule has 0 aromatic carbocycles. The highest BCUT2D eigenvalue weighted by molar-refractivity contribution is 5.65. The molecule has 0 amide bonds. The Morgan fingerprint density at radius 3 is 2.80 bits per heavy atom. The van der Waals surface area contributed by atoms with E-state index in [1.807, 2.05) is 26.8 Å². The van der Waals surface area contributed by atoms with Crippen LogP contribution < -0.4 is 0 Å². The third-order valence-electron chi connectivity index (χ3n) is 3.42. The van der Waals surface area contributed by atoms with Crippen LogP contribution in [0.25, 0.3) is 0 Å². The van der Waals surface area contributed by atoms with Crippen LogP contribution in [0.4, 0.5) is 0 Å². The maximum Gasteiger partial charge on any atom is 0.302 e. The maximum atomic E-state index is 10.8. The highest BCUT2D eigenvalue weighted by Gasteiger charge is 2.40. The summed E-state index contributed by atoms with van der Waals surface area (Å²) < 4.78 is 5.04. The number of hydrogen-bond acceptors (Lipinski definition) is 3. The van der Waals surface area contributed by atoms with Gasteiger partial charge in [-0.3, -0.25) is 4.79 Å². The van der Waals surface area contributed by atoms with Gasteiger partial charge in [0.25, 0.3) is 0 Å². The summed E-state index contributed by atoms with van der Waals surface area (Å²) in [5.41, 5.74) is 0.973.